The van der Waals surface area contributed by atoms with Crippen molar-refractivity contribution in [2.75, 3.05) is 25.1 Å². The van der Waals surface area contributed by atoms with Crippen LogP contribution in [0.5, 0.6) is 0 Å². The number of benzene rings is 1. The lowest BCUT2D eigenvalue weighted by Gasteiger charge is -2.46. The van der Waals surface area contributed by atoms with Gasteiger partial charge in [0, 0.05) is 42.3 Å². The zero-order chi connectivity index (χ0) is 28.7. The number of likely N-dealkylation sites (tertiary alicyclic amines) is 1. The van der Waals surface area contributed by atoms with Gasteiger partial charge in [0.2, 0.25) is 0 Å². The van der Waals surface area contributed by atoms with Crippen molar-refractivity contribution in [1.29, 1.82) is 0 Å². The van der Waals surface area contributed by atoms with Gasteiger partial charge in [-0.2, -0.15) is 10.1 Å². The zero-order valence-electron chi connectivity index (χ0n) is 23.7. The van der Waals surface area contributed by atoms with Gasteiger partial charge in [0.05, 0.1) is 24.6 Å². The summed E-state index contributed by atoms with van der Waals surface area (Å²) in [5, 5.41) is 18.5. The van der Waals surface area contributed by atoms with E-state index in [4.69, 9.17) is 9.26 Å². The molecule has 41 heavy (non-hydrogen) atoms. The number of aromatic nitrogens is 5. The highest BCUT2D eigenvalue weighted by Gasteiger charge is 2.35. The van der Waals surface area contributed by atoms with Gasteiger partial charge in [-0.1, -0.05) is 38.1 Å². The van der Waals surface area contributed by atoms with Crippen molar-refractivity contribution >= 4 is 22.8 Å². The van der Waals surface area contributed by atoms with Gasteiger partial charge in [-0.05, 0) is 43.0 Å². The van der Waals surface area contributed by atoms with Crippen molar-refractivity contribution in [3.05, 3.63) is 53.6 Å². The molecule has 2 fully saturated rings. The summed E-state index contributed by atoms with van der Waals surface area (Å²) in [5.41, 5.74) is 2.11. The van der Waals surface area contributed by atoms with E-state index in [9.17, 15) is 4.79 Å². The summed E-state index contributed by atoms with van der Waals surface area (Å²) in [6, 6.07) is 8.06. The molecule has 3 aromatic heterocycles. The fraction of sp³-hybridized carbons (Fsp3) is 0.483. The van der Waals surface area contributed by atoms with Crippen LogP contribution >= 0.6 is 0 Å². The highest BCUT2D eigenvalue weighted by atomic mass is 19.1. The lowest BCUT2D eigenvalue weighted by atomic mass is 9.96. The number of nitrogens with one attached hydrogen (secondary N) is 3. The van der Waals surface area contributed by atoms with Crippen LogP contribution in [0.4, 0.5) is 10.2 Å². The second-order valence-electron chi connectivity index (χ2n) is 12.0. The Labute approximate surface area is 237 Å². The second-order valence-corrected chi connectivity index (χ2v) is 12.0. The van der Waals surface area contributed by atoms with Crippen molar-refractivity contribution in [3.63, 3.8) is 0 Å². The number of hydrogen-bond acceptors (Lipinski definition) is 9. The van der Waals surface area contributed by atoms with E-state index in [0.29, 0.717) is 40.5 Å². The first-order chi connectivity index (χ1) is 19.7. The first-order valence-electron chi connectivity index (χ1n) is 14.0. The summed E-state index contributed by atoms with van der Waals surface area (Å²) in [5.74, 6) is -0.00684. The predicted molar refractivity (Wildman–Crippen MR) is 151 cm³/mol. The number of fused-ring (bicyclic) bond motifs is 1. The molecule has 2 aliphatic rings. The number of pyridine rings is 1. The molecule has 6 rings (SSSR count). The fourth-order valence-electron chi connectivity index (χ4n) is 5.39. The number of piperidine rings is 1. The third-order valence-electron chi connectivity index (χ3n) is 7.92. The van der Waals surface area contributed by atoms with Crippen molar-refractivity contribution in [2.24, 2.45) is 0 Å². The van der Waals surface area contributed by atoms with Crippen molar-refractivity contribution in [1.82, 2.24) is 35.5 Å². The van der Waals surface area contributed by atoms with Crippen LogP contribution in [0.15, 0.2) is 35.0 Å². The third kappa shape index (κ3) is 5.53. The average molecular weight is 563 g/mol. The third-order valence-corrected chi connectivity index (χ3v) is 7.92. The van der Waals surface area contributed by atoms with Crippen LogP contribution in [0.3, 0.4) is 0 Å². The topological polar surface area (TPSA) is 134 Å². The molecular weight excluding hydrogens is 527 g/mol. The predicted octanol–water partition coefficient (Wildman–Crippen LogP) is 4.04. The number of ether oxygens (including phenoxy) is 1. The van der Waals surface area contributed by atoms with E-state index >= 15 is 4.39 Å². The first kappa shape index (κ1) is 27.3. The van der Waals surface area contributed by atoms with Gasteiger partial charge in [-0.15, -0.1) is 0 Å². The Kier molecular flexibility index (Phi) is 7.20. The largest absolute Gasteiger partial charge is 0.378 e. The van der Waals surface area contributed by atoms with E-state index in [1.54, 1.807) is 12.3 Å². The summed E-state index contributed by atoms with van der Waals surface area (Å²) in [4.78, 5) is 23.6. The molecule has 5 heterocycles. The Morgan fingerprint density at radius 1 is 1.22 bits per heavy atom. The number of nitrogens with zero attached hydrogens (tertiary/aromatic N) is 5. The summed E-state index contributed by atoms with van der Waals surface area (Å²) in [6.07, 6.45) is 3.81. The molecule has 0 saturated carbocycles. The number of halogens is 1. The maximum atomic E-state index is 15.3. The van der Waals surface area contributed by atoms with Gasteiger partial charge >= 0.3 is 11.8 Å². The number of rotatable bonds is 7. The summed E-state index contributed by atoms with van der Waals surface area (Å²) < 4.78 is 25.8. The van der Waals surface area contributed by atoms with Crippen molar-refractivity contribution in [2.45, 2.75) is 70.6 Å². The number of amides is 1. The molecule has 3 N–H and O–H groups in total. The lowest BCUT2D eigenvalue weighted by Crippen LogP contribution is -2.58. The number of carbonyl (C=O) groups is 1. The SMILES string of the molecule is C[C@H]1CC[C@@H](Nc2n[nH]c3nccc(-c4ccc(CNC(=O)c5nc(C(C)(C)C)no5)c(F)c4)c23)CN1C1COC1. The number of H-pyrrole nitrogens is 1. The Morgan fingerprint density at radius 2 is 2.05 bits per heavy atom. The second kappa shape index (κ2) is 10.8. The van der Waals surface area contributed by atoms with Gasteiger partial charge < -0.3 is 19.9 Å². The minimum Gasteiger partial charge on any atom is -0.378 e. The molecule has 1 amide bonds. The van der Waals surface area contributed by atoms with E-state index in [1.807, 2.05) is 32.9 Å². The monoisotopic (exact) mass is 562 g/mol. The normalized spacial score (nSPS) is 20.2. The summed E-state index contributed by atoms with van der Waals surface area (Å²) in [7, 11) is 0. The first-order valence-corrected chi connectivity index (χ1v) is 14.0. The van der Waals surface area contributed by atoms with Gasteiger partial charge in [-0.3, -0.25) is 14.8 Å². The van der Waals surface area contributed by atoms with Gasteiger partial charge in [0.25, 0.3) is 0 Å². The Morgan fingerprint density at radius 3 is 2.76 bits per heavy atom. The molecule has 12 heteroatoms. The van der Waals surface area contributed by atoms with Crippen LogP contribution in [0.2, 0.25) is 0 Å². The van der Waals surface area contributed by atoms with Gasteiger partial charge in [0.1, 0.15) is 5.82 Å². The van der Waals surface area contributed by atoms with E-state index in [-0.39, 0.29) is 23.9 Å². The molecule has 0 bridgehead atoms. The van der Waals surface area contributed by atoms with E-state index in [1.165, 1.54) is 6.07 Å². The van der Waals surface area contributed by atoms with Crippen LogP contribution in [0.25, 0.3) is 22.2 Å². The Bertz CT molecular complexity index is 1560. The molecule has 2 aliphatic heterocycles. The standard InChI is InChI=1S/C29H35FN8O3/c1-16-5-8-19(13-38(16)20-14-40-15-20)33-25-23-21(9-10-31-24(23)35-36-25)17-6-7-18(22(30)11-17)12-32-26(39)27-34-28(37-41-27)29(2,3)4/h6-7,9-11,16,19-20H,5,8,12-15H2,1-4H3,(H,32,39)(H2,31,33,35,36)/t16-,19+/m0/s1. The smallest absolute Gasteiger partial charge is 0.315 e. The van der Waals surface area contributed by atoms with E-state index in [2.05, 4.69) is 47.8 Å². The number of aromatic amines is 1. The summed E-state index contributed by atoms with van der Waals surface area (Å²) >= 11 is 0. The number of carbonyl (C=O) groups excluding carboxylic acids is 1. The molecular formula is C29H35FN8O3. The maximum Gasteiger partial charge on any atom is 0.315 e. The zero-order valence-corrected chi connectivity index (χ0v) is 23.7. The van der Waals surface area contributed by atoms with Crippen LogP contribution in [0, 0.1) is 5.82 Å². The Hall–Kier alpha value is -3.90. The summed E-state index contributed by atoms with van der Waals surface area (Å²) in [6.45, 7) is 10.5. The van der Waals surface area contributed by atoms with E-state index in [0.717, 1.165) is 43.5 Å². The van der Waals surface area contributed by atoms with Crippen LogP contribution in [-0.4, -0.2) is 74.0 Å². The minimum atomic E-state index is -0.554. The number of hydrogen-bond donors (Lipinski definition) is 3. The quantitative estimate of drug-likeness (QED) is 0.305. The molecule has 0 spiro atoms. The lowest BCUT2D eigenvalue weighted by molar-refractivity contribution is -0.0857. The Balaban J connectivity index is 1.18. The van der Waals surface area contributed by atoms with Crippen LogP contribution in [0.1, 0.15) is 62.6 Å². The van der Waals surface area contributed by atoms with Crippen LogP contribution < -0.4 is 10.6 Å². The molecule has 0 unspecified atom stereocenters. The van der Waals surface area contributed by atoms with Crippen LogP contribution in [-0.2, 0) is 16.7 Å². The molecule has 4 aromatic rings. The highest BCUT2D eigenvalue weighted by Crippen LogP contribution is 2.34. The molecule has 2 saturated heterocycles. The molecule has 216 valence electrons. The highest BCUT2D eigenvalue weighted by molar-refractivity contribution is 6.00. The minimum absolute atomic E-state index is 0.0227. The molecule has 2 atom stereocenters. The molecule has 1 aromatic carbocycles. The fourth-order valence-corrected chi connectivity index (χ4v) is 5.39. The molecule has 11 nitrogen and oxygen atoms in total. The van der Waals surface area contributed by atoms with Gasteiger partial charge in [-0.25, -0.2) is 9.37 Å². The average Bonchev–Trinajstić information content (AvgIpc) is 3.57. The van der Waals surface area contributed by atoms with Gasteiger partial charge in [0.15, 0.2) is 17.3 Å². The van der Waals surface area contributed by atoms with Crippen molar-refractivity contribution in [3.8, 4) is 11.1 Å². The van der Waals surface area contributed by atoms with E-state index < -0.39 is 11.7 Å². The van der Waals surface area contributed by atoms with Crippen molar-refractivity contribution < 1.29 is 18.4 Å². The number of anilines is 1. The molecule has 0 aliphatic carbocycles. The molecule has 0 radical (unpaired) electrons. The maximum absolute atomic E-state index is 15.3.